The van der Waals surface area contributed by atoms with Crippen LogP contribution < -0.4 is 21.3 Å². The van der Waals surface area contributed by atoms with Gasteiger partial charge >= 0.3 is 0 Å². The van der Waals surface area contributed by atoms with E-state index in [4.69, 9.17) is 0 Å². The number of aryl methyl sites for hydroxylation is 1. The minimum Gasteiger partial charge on any atom is -0.392 e. The van der Waals surface area contributed by atoms with Gasteiger partial charge in [0.25, 0.3) is 11.1 Å². The number of hydrogen-bond donors (Lipinski definition) is 2. The van der Waals surface area contributed by atoms with E-state index in [2.05, 4.69) is 32.0 Å². The molecular formula is C36H38FN7O3. The Balaban J connectivity index is 1.19. The number of benzene rings is 2. The second-order valence-corrected chi connectivity index (χ2v) is 12.4. The minimum absolute atomic E-state index is 0.00943. The molecule has 11 heteroatoms. The summed E-state index contributed by atoms with van der Waals surface area (Å²) in [6, 6.07) is 14.1. The van der Waals surface area contributed by atoms with E-state index in [-0.39, 0.29) is 16.8 Å². The molecule has 0 bridgehead atoms. The molecule has 0 atom stereocenters. The second kappa shape index (κ2) is 12.7. The Bertz CT molecular complexity index is 2060. The van der Waals surface area contributed by atoms with Crippen LogP contribution in [0.4, 0.5) is 21.7 Å². The van der Waals surface area contributed by atoms with Gasteiger partial charge in [-0.3, -0.25) is 19.1 Å². The molecule has 10 nitrogen and oxygen atoms in total. The first-order chi connectivity index (χ1) is 22.8. The summed E-state index contributed by atoms with van der Waals surface area (Å²) in [5, 5.41) is 14.2. The molecule has 4 heterocycles. The summed E-state index contributed by atoms with van der Waals surface area (Å²) in [5.41, 5.74) is 2.85. The molecular weight excluding hydrogens is 597 g/mol. The predicted molar refractivity (Wildman–Crippen MR) is 182 cm³/mol. The Labute approximate surface area is 271 Å². The zero-order valence-electron chi connectivity index (χ0n) is 26.6. The highest BCUT2D eigenvalue weighted by Gasteiger charge is 2.25. The largest absolute Gasteiger partial charge is 0.392 e. The molecule has 5 aromatic rings. The van der Waals surface area contributed by atoms with E-state index in [1.807, 2.05) is 18.2 Å². The Morgan fingerprint density at radius 3 is 2.53 bits per heavy atom. The van der Waals surface area contributed by atoms with Gasteiger partial charge in [-0.15, -0.1) is 0 Å². The summed E-state index contributed by atoms with van der Waals surface area (Å²) >= 11 is 0. The van der Waals surface area contributed by atoms with Crippen molar-refractivity contribution in [2.45, 2.75) is 38.7 Å². The molecule has 1 aliphatic heterocycles. The predicted octanol–water partition coefficient (Wildman–Crippen LogP) is 4.93. The Morgan fingerprint density at radius 1 is 1.02 bits per heavy atom. The van der Waals surface area contributed by atoms with E-state index in [9.17, 15) is 14.7 Å². The molecule has 2 N–H and O–H groups in total. The van der Waals surface area contributed by atoms with Crippen molar-refractivity contribution >= 4 is 28.1 Å². The van der Waals surface area contributed by atoms with Crippen LogP contribution in [0, 0.1) is 5.82 Å². The Hall–Kier alpha value is -4.87. The molecule has 0 unspecified atom stereocenters. The number of aliphatic hydroxyl groups is 1. The summed E-state index contributed by atoms with van der Waals surface area (Å²) in [5.74, 6) is 0.363. The Kier molecular flexibility index (Phi) is 8.33. The number of nitrogens with one attached hydrogen (secondary N) is 1. The SMILES string of the molecule is CCCN1CCN(c2ccc(Nc3nc(-c4cccc(-n5ccc6cc(C7CC7)cc(F)c6c5=O)c4CO)cn(C)c3=O)nc2)CC1. The van der Waals surface area contributed by atoms with E-state index in [0.29, 0.717) is 39.6 Å². The van der Waals surface area contributed by atoms with Crippen molar-refractivity contribution in [3.63, 3.8) is 0 Å². The van der Waals surface area contributed by atoms with Gasteiger partial charge in [-0.2, -0.15) is 0 Å². The molecule has 7 rings (SSSR count). The van der Waals surface area contributed by atoms with Gasteiger partial charge in [-0.05, 0) is 73.0 Å². The molecule has 47 heavy (non-hydrogen) atoms. The van der Waals surface area contributed by atoms with Crippen molar-refractivity contribution in [1.82, 2.24) is 24.0 Å². The van der Waals surface area contributed by atoms with Gasteiger partial charge < -0.3 is 19.9 Å². The first-order valence-electron chi connectivity index (χ1n) is 16.2. The van der Waals surface area contributed by atoms with Crippen molar-refractivity contribution in [3.05, 3.63) is 105 Å². The molecule has 2 fully saturated rings. The maximum Gasteiger partial charge on any atom is 0.293 e. The van der Waals surface area contributed by atoms with Crippen molar-refractivity contribution in [3.8, 4) is 16.9 Å². The lowest BCUT2D eigenvalue weighted by atomic mass is 10.0. The average molecular weight is 636 g/mol. The molecule has 1 saturated carbocycles. The number of piperazine rings is 1. The molecule has 242 valence electrons. The van der Waals surface area contributed by atoms with Crippen molar-refractivity contribution in [2.24, 2.45) is 7.05 Å². The highest BCUT2D eigenvalue weighted by atomic mass is 19.1. The number of rotatable bonds is 9. The number of anilines is 3. The molecule has 2 aromatic carbocycles. The zero-order valence-corrected chi connectivity index (χ0v) is 26.6. The third-order valence-electron chi connectivity index (χ3n) is 9.22. The van der Waals surface area contributed by atoms with E-state index in [1.165, 1.54) is 15.2 Å². The second-order valence-electron chi connectivity index (χ2n) is 12.4. The zero-order chi connectivity index (χ0) is 32.7. The summed E-state index contributed by atoms with van der Waals surface area (Å²) in [6.07, 6.45) is 8.21. The first-order valence-corrected chi connectivity index (χ1v) is 16.2. The molecule has 1 saturated heterocycles. The number of halogens is 1. The molecule has 3 aromatic heterocycles. The highest BCUT2D eigenvalue weighted by Crippen LogP contribution is 2.41. The van der Waals surface area contributed by atoms with Crippen LogP contribution in [0.5, 0.6) is 0 Å². The van der Waals surface area contributed by atoms with Crippen LogP contribution in [0.3, 0.4) is 0 Å². The fraction of sp³-hybridized carbons (Fsp3) is 0.333. The van der Waals surface area contributed by atoms with E-state index < -0.39 is 18.0 Å². The van der Waals surface area contributed by atoms with E-state index in [0.717, 1.165) is 63.2 Å². The van der Waals surface area contributed by atoms with Gasteiger partial charge in [-0.1, -0.05) is 25.1 Å². The van der Waals surface area contributed by atoms with Crippen LogP contribution in [0.25, 0.3) is 27.7 Å². The van der Waals surface area contributed by atoms with Crippen LogP contribution in [0.15, 0.2) is 76.7 Å². The maximum atomic E-state index is 15.3. The molecule has 0 amide bonds. The summed E-state index contributed by atoms with van der Waals surface area (Å²) in [6.45, 7) is 6.81. The van der Waals surface area contributed by atoms with E-state index >= 15 is 4.39 Å². The fourth-order valence-corrected chi connectivity index (χ4v) is 6.53. The maximum absolute atomic E-state index is 15.3. The molecule has 0 radical (unpaired) electrons. The third-order valence-corrected chi connectivity index (χ3v) is 9.22. The van der Waals surface area contributed by atoms with Crippen molar-refractivity contribution < 1.29 is 9.50 Å². The summed E-state index contributed by atoms with van der Waals surface area (Å²) in [4.78, 5) is 40.8. The van der Waals surface area contributed by atoms with Gasteiger partial charge in [0.15, 0.2) is 5.82 Å². The van der Waals surface area contributed by atoms with Crippen molar-refractivity contribution in [1.29, 1.82) is 0 Å². The molecule has 2 aliphatic rings. The highest BCUT2D eigenvalue weighted by molar-refractivity contribution is 5.83. The standard InChI is InChI=1S/C36H38FN7O3/c1-3-12-42-14-16-43(17-15-42)26-9-10-32(38-20-26)40-34-36(47)41(2)21-30(39-34)27-5-4-6-31(28(27)22-45)44-13-11-24-18-25(23-7-8-23)19-29(37)33(24)35(44)46/h4-6,9-11,13,18-21,23,45H,3,7-8,12,14-17,22H2,1-2H3,(H,38,39,40). The number of aromatic nitrogens is 4. The summed E-state index contributed by atoms with van der Waals surface area (Å²) in [7, 11) is 1.63. The number of aliphatic hydroxyl groups excluding tert-OH is 1. The van der Waals surface area contributed by atoms with Gasteiger partial charge in [0.05, 0.1) is 35.3 Å². The summed E-state index contributed by atoms with van der Waals surface area (Å²) < 4.78 is 18.0. The lowest BCUT2D eigenvalue weighted by Crippen LogP contribution is -2.46. The van der Waals surface area contributed by atoms with Crippen LogP contribution in [-0.2, 0) is 13.7 Å². The topological polar surface area (TPSA) is 109 Å². The van der Waals surface area contributed by atoms with E-state index in [1.54, 1.807) is 49.9 Å². The number of hydrogen-bond acceptors (Lipinski definition) is 8. The number of nitrogens with zero attached hydrogens (tertiary/aromatic N) is 6. The normalized spacial score (nSPS) is 15.4. The average Bonchev–Trinajstić information content (AvgIpc) is 3.93. The van der Waals surface area contributed by atoms with Gasteiger partial charge in [-0.25, -0.2) is 14.4 Å². The van der Waals surface area contributed by atoms with Gasteiger partial charge in [0.1, 0.15) is 11.6 Å². The lowest BCUT2D eigenvalue weighted by molar-refractivity contribution is 0.258. The Morgan fingerprint density at radius 2 is 1.83 bits per heavy atom. The monoisotopic (exact) mass is 635 g/mol. The number of pyridine rings is 2. The van der Waals surface area contributed by atoms with Crippen LogP contribution in [-0.4, -0.2) is 61.8 Å². The van der Waals surface area contributed by atoms with Crippen LogP contribution in [0.2, 0.25) is 0 Å². The van der Waals surface area contributed by atoms with Gasteiger partial charge in [0.2, 0.25) is 0 Å². The van der Waals surface area contributed by atoms with Crippen LogP contribution in [0.1, 0.15) is 43.2 Å². The molecule has 1 aliphatic carbocycles. The smallest absolute Gasteiger partial charge is 0.293 e. The third kappa shape index (κ3) is 6.04. The van der Waals surface area contributed by atoms with Crippen LogP contribution >= 0.6 is 0 Å². The number of fused-ring (bicyclic) bond motifs is 1. The molecule has 0 spiro atoms. The lowest BCUT2D eigenvalue weighted by Gasteiger charge is -2.35. The minimum atomic E-state index is -0.544. The first kappa shape index (κ1) is 30.8. The van der Waals surface area contributed by atoms with Crippen molar-refractivity contribution in [2.75, 3.05) is 42.9 Å². The fourth-order valence-electron chi connectivity index (χ4n) is 6.53. The van der Waals surface area contributed by atoms with Gasteiger partial charge in [0, 0.05) is 56.7 Å². The quantitative estimate of drug-likeness (QED) is 0.235.